The Hall–Kier alpha value is -2.12. The Bertz CT molecular complexity index is 795. The first-order valence-corrected chi connectivity index (χ1v) is 7.63. The van der Waals surface area contributed by atoms with Crippen molar-refractivity contribution in [3.63, 3.8) is 0 Å². The molecule has 0 N–H and O–H groups in total. The number of nitrogens with zero attached hydrogens (tertiary/aromatic N) is 1. The molecule has 0 bridgehead atoms. The summed E-state index contributed by atoms with van der Waals surface area (Å²) in [5, 5.41) is 10.6. The van der Waals surface area contributed by atoms with Crippen LogP contribution in [-0.4, -0.2) is 5.97 Å². The largest absolute Gasteiger partial charge is 0.426 e. The Balaban J connectivity index is 2.49. The van der Waals surface area contributed by atoms with E-state index < -0.39 is 5.41 Å². The molecule has 2 aromatic rings. The van der Waals surface area contributed by atoms with Gasteiger partial charge in [0, 0.05) is 15.9 Å². The van der Waals surface area contributed by atoms with Gasteiger partial charge in [0.05, 0.1) is 11.5 Å². The summed E-state index contributed by atoms with van der Waals surface area (Å²) in [4.78, 5) is 12.0. The highest BCUT2D eigenvalue weighted by molar-refractivity contribution is 9.10. The molecule has 4 heteroatoms. The molecule has 0 fully saturated rings. The summed E-state index contributed by atoms with van der Waals surface area (Å²) >= 11 is 3.52. The predicted molar refractivity (Wildman–Crippen MR) is 91.4 cm³/mol. The molecule has 0 aliphatic carbocycles. The SMILES string of the molecule is CC(C)(C)C(=O)Oc1cc(Br)c2c(/C=C/C#N)cccc2c1. The Labute approximate surface area is 138 Å². The van der Waals surface area contributed by atoms with Crippen LogP contribution in [0.1, 0.15) is 26.3 Å². The fraction of sp³-hybridized carbons (Fsp3) is 0.222. The topological polar surface area (TPSA) is 50.1 Å². The van der Waals surface area contributed by atoms with Crippen LogP contribution in [0.5, 0.6) is 5.75 Å². The molecule has 0 aromatic heterocycles. The van der Waals surface area contributed by atoms with Gasteiger partial charge in [-0.25, -0.2) is 0 Å². The highest BCUT2D eigenvalue weighted by Crippen LogP contribution is 2.33. The van der Waals surface area contributed by atoms with Gasteiger partial charge in [-0.2, -0.15) is 5.26 Å². The number of rotatable bonds is 2. The third-order valence-electron chi connectivity index (χ3n) is 3.09. The van der Waals surface area contributed by atoms with Crippen LogP contribution < -0.4 is 4.74 Å². The molecule has 0 heterocycles. The van der Waals surface area contributed by atoms with Crippen molar-refractivity contribution in [3.05, 3.63) is 46.4 Å². The van der Waals surface area contributed by atoms with Gasteiger partial charge in [-0.05, 0) is 65.9 Å². The molecule has 0 saturated carbocycles. The number of allylic oxidation sites excluding steroid dienone is 1. The van der Waals surface area contributed by atoms with Crippen molar-refractivity contribution in [1.82, 2.24) is 0 Å². The summed E-state index contributed by atoms with van der Waals surface area (Å²) in [7, 11) is 0. The van der Waals surface area contributed by atoms with E-state index in [1.807, 2.05) is 51.1 Å². The highest BCUT2D eigenvalue weighted by Gasteiger charge is 2.24. The molecule has 0 radical (unpaired) electrons. The van der Waals surface area contributed by atoms with Crippen molar-refractivity contribution in [2.24, 2.45) is 5.41 Å². The van der Waals surface area contributed by atoms with Crippen LogP contribution in [-0.2, 0) is 4.79 Å². The van der Waals surface area contributed by atoms with Gasteiger partial charge >= 0.3 is 5.97 Å². The number of halogens is 1. The fourth-order valence-electron chi connectivity index (χ4n) is 1.96. The first-order chi connectivity index (χ1) is 10.3. The standard InChI is InChI=1S/C18H16BrNO2/c1-18(2,3)17(21)22-14-10-13-7-4-6-12(8-5-9-20)16(13)15(19)11-14/h4-8,10-11H,1-3H3/b8-5+. The third-order valence-corrected chi connectivity index (χ3v) is 3.72. The molecule has 2 aromatic carbocycles. The van der Waals surface area contributed by atoms with E-state index in [4.69, 9.17) is 10.00 Å². The zero-order valence-corrected chi connectivity index (χ0v) is 14.3. The van der Waals surface area contributed by atoms with E-state index in [0.29, 0.717) is 5.75 Å². The molecule has 0 aliphatic rings. The maximum atomic E-state index is 12.0. The lowest BCUT2D eigenvalue weighted by Gasteiger charge is -2.17. The average molecular weight is 358 g/mol. The number of ether oxygens (including phenoxy) is 1. The second-order valence-corrected chi connectivity index (χ2v) is 6.81. The van der Waals surface area contributed by atoms with Crippen molar-refractivity contribution in [3.8, 4) is 11.8 Å². The zero-order valence-electron chi connectivity index (χ0n) is 12.7. The van der Waals surface area contributed by atoms with E-state index in [1.54, 1.807) is 12.1 Å². The first kappa shape index (κ1) is 16.3. The van der Waals surface area contributed by atoms with Crippen molar-refractivity contribution in [1.29, 1.82) is 5.26 Å². The van der Waals surface area contributed by atoms with Gasteiger partial charge in [0.15, 0.2) is 0 Å². The Kier molecular flexibility index (Phi) is 4.68. The number of benzene rings is 2. The molecule has 0 amide bonds. The molecule has 22 heavy (non-hydrogen) atoms. The summed E-state index contributed by atoms with van der Waals surface area (Å²) in [5.74, 6) is 0.222. The molecule has 0 aliphatic heterocycles. The summed E-state index contributed by atoms with van der Waals surface area (Å²) in [5.41, 5.74) is 0.373. The summed E-state index contributed by atoms with van der Waals surface area (Å²) in [6.45, 7) is 5.45. The van der Waals surface area contributed by atoms with Crippen LogP contribution in [0.15, 0.2) is 40.9 Å². The maximum absolute atomic E-state index is 12.0. The van der Waals surface area contributed by atoms with Gasteiger partial charge in [0.25, 0.3) is 0 Å². The van der Waals surface area contributed by atoms with Gasteiger partial charge in [-0.15, -0.1) is 0 Å². The van der Waals surface area contributed by atoms with Crippen LogP contribution in [0.4, 0.5) is 0 Å². The van der Waals surface area contributed by atoms with Gasteiger partial charge in [0.2, 0.25) is 0 Å². The van der Waals surface area contributed by atoms with Crippen molar-refractivity contribution < 1.29 is 9.53 Å². The summed E-state index contributed by atoms with van der Waals surface area (Å²) in [6, 6.07) is 11.4. The minimum atomic E-state index is -0.557. The Morgan fingerprint density at radius 3 is 2.68 bits per heavy atom. The normalized spacial score (nSPS) is 11.6. The highest BCUT2D eigenvalue weighted by atomic mass is 79.9. The van der Waals surface area contributed by atoms with Crippen molar-refractivity contribution >= 4 is 38.7 Å². The number of esters is 1. The van der Waals surface area contributed by atoms with Gasteiger partial charge in [-0.3, -0.25) is 4.79 Å². The van der Waals surface area contributed by atoms with Gasteiger partial charge in [-0.1, -0.05) is 18.2 Å². The molecule has 112 valence electrons. The second kappa shape index (κ2) is 6.33. The van der Waals surface area contributed by atoms with Crippen LogP contribution in [0.3, 0.4) is 0 Å². The molecule has 0 saturated heterocycles. The Morgan fingerprint density at radius 2 is 2.05 bits per heavy atom. The molecule has 0 unspecified atom stereocenters. The van der Waals surface area contributed by atoms with E-state index in [1.165, 1.54) is 6.08 Å². The van der Waals surface area contributed by atoms with Crippen LogP contribution in [0.25, 0.3) is 16.8 Å². The van der Waals surface area contributed by atoms with E-state index >= 15 is 0 Å². The summed E-state index contributed by atoms with van der Waals surface area (Å²) < 4.78 is 6.27. The number of carbonyl (C=O) groups is 1. The van der Waals surface area contributed by atoms with Crippen LogP contribution >= 0.6 is 15.9 Å². The average Bonchev–Trinajstić information content (AvgIpc) is 2.43. The minimum absolute atomic E-state index is 0.278. The van der Waals surface area contributed by atoms with Crippen molar-refractivity contribution in [2.75, 3.05) is 0 Å². The number of hydrogen-bond donors (Lipinski definition) is 0. The lowest BCUT2D eigenvalue weighted by atomic mass is 9.97. The van der Waals surface area contributed by atoms with Crippen LogP contribution in [0, 0.1) is 16.7 Å². The molecule has 0 atom stereocenters. The van der Waals surface area contributed by atoms with E-state index in [-0.39, 0.29) is 5.97 Å². The van der Waals surface area contributed by atoms with Crippen molar-refractivity contribution in [2.45, 2.75) is 20.8 Å². The Morgan fingerprint density at radius 1 is 1.32 bits per heavy atom. The smallest absolute Gasteiger partial charge is 0.316 e. The quantitative estimate of drug-likeness (QED) is 0.427. The fourth-order valence-corrected chi connectivity index (χ4v) is 2.65. The molecular weight excluding hydrogens is 342 g/mol. The summed E-state index contributed by atoms with van der Waals surface area (Å²) in [6.07, 6.45) is 3.20. The van der Waals surface area contributed by atoms with E-state index in [0.717, 1.165) is 20.8 Å². The number of hydrogen-bond acceptors (Lipinski definition) is 3. The number of carbonyl (C=O) groups excluding carboxylic acids is 1. The minimum Gasteiger partial charge on any atom is -0.426 e. The predicted octanol–water partition coefficient (Wildman–Crippen LogP) is 5.09. The van der Waals surface area contributed by atoms with E-state index in [9.17, 15) is 4.79 Å². The number of fused-ring (bicyclic) bond motifs is 1. The first-order valence-electron chi connectivity index (χ1n) is 6.83. The lowest BCUT2D eigenvalue weighted by molar-refractivity contribution is -0.142. The molecular formula is C18H16BrNO2. The van der Waals surface area contributed by atoms with Gasteiger partial charge < -0.3 is 4.74 Å². The lowest BCUT2D eigenvalue weighted by Crippen LogP contribution is -2.25. The monoisotopic (exact) mass is 357 g/mol. The van der Waals surface area contributed by atoms with Crippen LogP contribution in [0.2, 0.25) is 0 Å². The molecule has 2 rings (SSSR count). The number of nitriles is 1. The van der Waals surface area contributed by atoms with Gasteiger partial charge in [0.1, 0.15) is 5.75 Å². The second-order valence-electron chi connectivity index (χ2n) is 5.95. The van der Waals surface area contributed by atoms with E-state index in [2.05, 4.69) is 15.9 Å². The molecule has 3 nitrogen and oxygen atoms in total. The maximum Gasteiger partial charge on any atom is 0.316 e. The third kappa shape index (κ3) is 3.55. The zero-order chi connectivity index (χ0) is 16.3. The molecule has 0 spiro atoms.